The van der Waals surface area contributed by atoms with E-state index in [0.717, 1.165) is 29.4 Å². The Hall–Kier alpha value is -5.12. The predicted octanol–water partition coefficient (Wildman–Crippen LogP) is 9.12. The Bertz CT molecular complexity index is 1600. The monoisotopic (exact) mass is 687 g/mol. The van der Waals surface area contributed by atoms with E-state index in [4.69, 9.17) is 8.37 Å². The average Bonchev–Trinajstić information content (AvgIpc) is 3.18. The van der Waals surface area contributed by atoms with Crippen molar-refractivity contribution >= 4 is 32.6 Å². The summed E-state index contributed by atoms with van der Waals surface area (Å²) < 4.78 is 13.1. The van der Waals surface area contributed by atoms with Gasteiger partial charge in [0.25, 0.3) is 0 Å². The van der Waals surface area contributed by atoms with E-state index < -0.39 is 39.3 Å². The van der Waals surface area contributed by atoms with E-state index in [2.05, 4.69) is 0 Å². The van der Waals surface area contributed by atoms with Crippen LogP contribution in [-0.2, 0) is 18.0 Å². The van der Waals surface area contributed by atoms with E-state index in [9.17, 15) is 14.7 Å². The maximum atomic E-state index is 14.0. The second-order valence-corrected chi connectivity index (χ2v) is 16.4. The highest BCUT2D eigenvalue weighted by Crippen LogP contribution is 2.70. The minimum Gasteiger partial charge on any atom is -0.401 e. The minimum atomic E-state index is -2.52. The maximum Gasteiger partial charge on any atom is 0.331 e. The van der Waals surface area contributed by atoms with Gasteiger partial charge in [0.15, 0.2) is 0 Å². The minimum absolute atomic E-state index is 0.336. The van der Waals surface area contributed by atoms with Crippen LogP contribution in [0, 0.1) is 0 Å². The molecule has 49 heavy (non-hydrogen) atoms. The van der Waals surface area contributed by atoms with Gasteiger partial charge in [-0.2, -0.15) is 0 Å². The zero-order chi connectivity index (χ0) is 33.9. The summed E-state index contributed by atoms with van der Waals surface area (Å²) in [6.45, 7) is -1.23. The molecule has 0 aliphatic carbocycles. The number of hydrogen-bond donors (Lipinski definition) is 1. The van der Waals surface area contributed by atoms with Gasteiger partial charge in [0.2, 0.25) is 0 Å². The highest BCUT2D eigenvalue weighted by Gasteiger charge is 2.38. The lowest BCUT2D eigenvalue weighted by Crippen LogP contribution is -2.37. The van der Waals surface area contributed by atoms with E-state index in [-0.39, 0.29) is 13.1 Å². The van der Waals surface area contributed by atoms with Crippen molar-refractivity contribution < 1.29 is 23.1 Å². The summed E-state index contributed by atoms with van der Waals surface area (Å²) in [5.41, 5.74) is 0. The number of carbonyl (C=O) groups is 2. The molecule has 0 fully saturated rings. The van der Waals surface area contributed by atoms with Crippen LogP contribution in [-0.4, -0.2) is 41.8 Å². The first-order chi connectivity index (χ1) is 24.1. The van der Waals surface area contributed by atoms with E-state index >= 15 is 0 Å². The molecule has 0 heterocycles. The Labute approximate surface area is 290 Å². The molecule has 0 aliphatic heterocycles. The Morgan fingerprint density at radius 1 is 0.408 bits per heavy atom. The molecule has 8 heteroatoms. The van der Waals surface area contributed by atoms with E-state index in [0.29, 0.717) is 0 Å². The molecule has 1 N–H and O–H groups in total. The van der Waals surface area contributed by atoms with E-state index in [1.807, 2.05) is 182 Å². The van der Waals surface area contributed by atoms with Crippen LogP contribution < -0.4 is 0 Å². The van der Waals surface area contributed by atoms with Gasteiger partial charge in [-0.25, -0.2) is 9.59 Å². The summed E-state index contributed by atoms with van der Waals surface area (Å²) >= 11 is 0. The molecule has 6 nitrogen and oxygen atoms in total. The fourth-order valence-electron chi connectivity index (χ4n) is 5.63. The molecule has 6 aromatic carbocycles. The van der Waals surface area contributed by atoms with Crippen LogP contribution in [0.25, 0.3) is 0 Å². The lowest BCUT2D eigenvalue weighted by atomic mass is 10.4. The third-order valence-electron chi connectivity index (χ3n) is 7.79. The lowest BCUT2D eigenvalue weighted by Gasteiger charge is -2.40. The number of carbonyl (C=O) groups excluding carboxylic acids is 2. The Morgan fingerprint density at radius 2 is 0.612 bits per heavy atom. The van der Waals surface area contributed by atoms with Crippen LogP contribution in [0.3, 0.4) is 0 Å². The molecule has 0 spiro atoms. The van der Waals surface area contributed by atoms with Crippen LogP contribution >= 0.6 is 20.6 Å². The number of aliphatic hydroxyl groups excluding tert-OH is 1. The number of aliphatic hydroxyl groups is 1. The third-order valence-corrected chi connectivity index (χ3v) is 14.3. The lowest BCUT2D eigenvalue weighted by molar-refractivity contribution is -0.139. The molecular weight excluding hydrogens is 651 g/mol. The molecule has 0 amide bonds. The van der Waals surface area contributed by atoms with Crippen LogP contribution in [0.15, 0.2) is 211 Å². The maximum absolute atomic E-state index is 14.0. The highest BCUT2D eigenvalue weighted by atomic mass is 32.3. The standard InChI is InChI=1S/C41H37NO5S2/c43-33-42(31-40(44)46-48(34-19-7-1-8-20-34,35-21-9-2-10-22-35)36-23-11-3-12-24-36)32-41(45)47-49(37-25-13-4-14-26-37,38-27-15-5-16-28-38)39-29-17-6-18-30-39/h1-30,43H,31-33H2. The second-order valence-electron chi connectivity index (χ2n) is 11.0. The molecule has 0 aliphatic rings. The van der Waals surface area contributed by atoms with Crippen LogP contribution in [0.2, 0.25) is 0 Å². The van der Waals surface area contributed by atoms with Crippen molar-refractivity contribution in [3.8, 4) is 0 Å². The smallest absolute Gasteiger partial charge is 0.331 e. The van der Waals surface area contributed by atoms with Gasteiger partial charge in [0.05, 0.1) is 6.73 Å². The van der Waals surface area contributed by atoms with Gasteiger partial charge in [0, 0.05) is 29.4 Å². The van der Waals surface area contributed by atoms with Gasteiger partial charge in [-0.1, -0.05) is 109 Å². The zero-order valence-corrected chi connectivity index (χ0v) is 28.4. The summed E-state index contributed by atoms with van der Waals surface area (Å²) in [5, 5.41) is 10.4. The van der Waals surface area contributed by atoms with Gasteiger partial charge >= 0.3 is 11.9 Å². The average molecular weight is 688 g/mol. The van der Waals surface area contributed by atoms with E-state index in [1.54, 1.807) is 0 Å². The van der Waals surface area contributed by atoms with Crippen LogP contribution in [0.1, 0.15) is 0 Å². The first-order valence-electron chi connectivity index (χ1n) is 15.8. The predicted molar refractivity (Wildman–Crippen MR) is 194 cm³/mol. The van der Waals surface area contributed by atoms with Crippen LogP contribution in [0.4, 0.5) is 0 Å². The van der Waals surface area contributed by atoms with Crippen LogP contribution in [0.5, 0.6) is 0 Å². The van der Waals surface area contributed by atoms with Crippen molar-refractivity contribution in [3.63, 3.8) is 0 Å². The van der Waals surface area contributed by atoms with Crippen molar-refractivity contribution in [2.75, 3.05) is 19.8 Å². The van der Waals surface area contributed by atoms with Crippen molar-refractivity contribution in [1.29, 1.82) is 0 Å². The van der Waals surface area contributed by atoms with Gasteiger partial charge < -0.3 is 13.5 Å². The Balaban J connectivity index is 1.31. The molecule has 0 saturated heterocycles. The first-order valence-corrected chi connectivity index (χ1v) is 18.9. The van der Waals surface area contributed by atoms with Gasteiger partial charge in [-0.3, -0.25) is 4.90 Å². The SMILES string of the molecule is O=C(CN(CO)CC(=O)OS(c1ccccc1)(c1ccccc1)c1ccccc1)OS(c1ccccc1)(c1ccccc1)c1ccccc1. The summed E-state index contributed by atoms with van der Waals surface area (Å²) in [5.74, 6) is -1.16. The molecule has 0 radical (unpaired) electrons. The topological polar surface area (TPSA) is 76.1 Å². The summed E-state index contributed by atoms with van der Waals surface area (Å²) in [4.78, 5) is 34.4. The van der Waals surface area contributed by atoms with Gasteiger partial charge in [0.1, 0.15) is 13.1 Å². The molecule has 0 saturated carbocycles. The van der Waals surface area contributed by atoms with E-state index in [1.165, 1.54) is 4.90 Å². The van der Waals surface area contributed by atoms with Gasteiger partial charge in [-0.05, 0) is 93.4 Å². The third kappa shape index (κ3) is 7.33. The molecule has 0 bridgehead atoms. The van der Waals surface area contributed by atoms with Gasteiger partial charge in [-0.15, -0.1) is 0 Å². The second kappa shape index (κ2) is 15.9. The number of nitrogens with zero attached hydrogens (tertiary/aromatic N) is 1. The molecule has 6 aromatic rings. The fourth-order valence-corrected chi connectivity index (χ4v) is 11.7. The summed E-state index contributed by atoms with van der Waals surface area (Å²) in [6, 6.07) is 58.2. The highest BCUT2D eigenvalue weighted by molar-refractivity contribution is 8.30. The molecular formula is C41H37NO5S2. The molecule has 0 atom stereocenters. The zero-order valence-electron chi connectivity index (χ0n) is 26.8. The Kier molecular flexibility index (Phi) is 10.9. The molecule has 248 valence electrons. The largest absolute Gasteiger partial charge is 0.401 e. The molecule has 0 unspecified atom stereocenters. The number of hydrogen-bond acceptors (Lipinski definition) is 6. The van der Waals surface area contributed by atoms with Crippen molar-refractivity contribution in [1.82, 2.24) is 4.90 Å². The van der Waals surface area contributed by atoms with Crippen molar-refractivity contribution in [2.45, 2.75) is 29.4 Å². The molecule has 6 rings (SSSR count). The number of benzene rings is 6. The summed E-state index contributed by atoms with van der Waals surface area (Å²) in [6.07, 6.45) is 0. The summed E-state index contributed by atoms with van der Waals surface area (Å²) in [7, 11) is -5.04. The first kappa shape index (κ1) is 33.8. The normalized spacial score (nSPS) is 12.2. The van der Waals surface area contributed by atoms with Crippen molar-refractivity contribution in [3.05, 3.63) is 182 Å². The quantitative estimate of drug-likeness (QED) is 0.122. The molecule has 0 aromatic heterocycles. The Morgan fingerprint density at radius 3 is 0.796 bits per heavy atom. The fraction of sp³-hybridized carbons (Fsp3) is 0.0732. The number of rotatable bonds is 13. The van der Waals surface area contributed by atoms with Crippen molar-refractivity contribution in [2.24, 2.45) is 0 Å².